The Morgan fingerprint density at radius 1 is 0.968 bits per heavy atom. The van der Waals surface area contributed by atoms with Crippen LogP contribution < -0.4 is 10.1 Å². The summed E-state index contributed by atoms with van der Waals surface area (Å²) in [6, 6.07) is 27.2. The van der Waals surface area contributed by atoms with E-state index in [-0.39, 0.29) is 5.91 Å². The maximum absolute atomic E-state index is 12.3. The topological polar surface area (TPSA) is 64.4 Å². The van der Waals surface area contributed by atoms with Crippen LogP contribution in [-0.4, -0.2) is 23.8 Å². The highest BCUT2D eigenvalue weighted by Crippen LogP contribution is 2.35. The second-order valence-electron chi connectivity index (χ2n) is 6.77. The summed E-state index contributed by atoms with van der Waals surface area (Å²) in [6.45, 7) is 0. The van der Waals surface area contributed by atoms with Crippen LogP contribution in [0.15, 0.2) is 94.6 Å². The van der Waals surface area contributed by atoms with Crippen LogP contribution in [0, 0.1) is 0 Å². The molecule has 0 spiro atoms. The van der Waals surface area contributed by atoms with Gasteiger partial charge in [0, 0.05) is 35.1 Å². The molecule has 6 heteroatoms. The first-order valence-corrected chi connectivity index (χ1v) is 10.9. The molecule has 5 nitrogen and oxygen atoms in total. The molecule has 3 aromatic carbocycles. The lowest BCUT2D eigenvalue weighted by atomic mass is 10.1. The summed E-state index contributed by atoms with van der Waals surface area (Å²) in [7, 11) is 1.60. The molecule has 1 N–H and O–H groups in total. The van der Waals surface area contributed by atoms with E-state index in [4.69, 9.17) is 14.1 Å². The predicted molar refractivity (Wildman–Crippen MR) is 124 cm³/mol. The molecule has 1 heterocycles. The quantitative estimate of drug-likeness (QED) is 0.340. The molecule has 0 aliphatic heterocycles. The lowest BCUT2D eigenvalue weighted by Gasteiger charge is -2.06. The van der Waals surface area contributed by atoms with Crippen molar-refractivity contribution in [1.29, 1.82) is 0 Å². The highest BCUT2D eigenvalue weighted by molar-refractivity contribution is 7.99. The number of carbonyl (C=O) groups is 1. The number of benzene rings is 3. The monoisotopic (exact) mass is 430 g/mol. The zero-order chi connectivity index (χ0) is 21.5. The molecule has 0 saturated heterocycles. The fourth-order valence-electron chi connectivity index (χ4n) is 3.09. The van der Waals surface area contributed by atoms with Gasteiger partial charge in [0.2, 0.25) is 5.91 Å². The van der Waals surface area contributed by atoms with Gasteiger partial charge in [0.25, 0.3) is 5.22 Å². The lowest BCUT2D eigenvalue weighted by Crippen LogP contribution is -2.12. The zero-order valence-corrected chi connectivity index (χ0v) is 17.9. The van der Waals surface area contributed by atoms with E-state index in [0.29, 0.717) is 28.8 Å². The van der Waals surface area contributed by atoms with Gasteiger partial charge in [0.1, 0.15) is 11.4 Å². The Kier molecular flexibility index (Phi) is 6.69. The van der Waals surface area contributed by atoms with Gasteiger partial charge in [-0.1, -0.05) is 78.5 Å². The van der Waals surface area contributed by atoms with Crippen molar-refractivity contribution in [1.82, 2.24) is 4.98 Å². The third-order valence-corrected chi connectivity index (χ3v) is 5.43. The molecule has 0 atom stereocenters. The third kappa shape index (κ3) is 5.35. The molecule has 0 radical (unpaired) electrons. The minimum atomic E-state index is -0.0705. The summed E-state index contributed by atoms with van der Waals surface area (Å²) < 4.78 is 11.3. The molecule has 0 saturated carbocycles. The summed E-state index contributed by atoms with van der Waals surface area (Å²) in [5.74, 6) is 1.92. The number of amides is 1. The Bertz CT molecular complexity index is 1090. The molecular weight excluding hydrogens is 408 g/mol. The summed E-state index contributed by atoms with van der Waals surface area (Å²) in [4.78, 5) is 17.0. The van der Waals surface area contributed by atoms with Crippen molar-refractivity contribution in [3.63, 3.8) is 0 Å². The second-order valence-corrected chi connectivity index (χ2v) is 7.81. The number of hydrogen-bond donors (Lipinski definition) is 1. The van der Waals surface area contributed by atoms with Crippen molar-refractivity contribution in [2.45, 2.75) is 11.6 Å². The smallest absolute Gasteiger partial charge is 0.256 e. The summed E-state index contributed by atoms with van der Waals surface area (Å²) in [5.41, 5.74) is 3.47. The largest absolute Gasteiger partial charge is 0.497 e. The Morgan fingerprint density at radius 3 is 2.39 bits per heavy atom. The van der Waals surface area contributed by atoms with Crippen molar-refractivity contribution in [3.05, 3.63) is 84.9 Å². The van der Waals surface area contributed by atoms with Gasteiger partial charge < -0.3 is 14.5 Å². The summed E-state index contributed by atoms with van der Waals surface area (Å²) >= 11 is 1.43. The molecule has 0 fully saturated rings. The van der Waals surface area contributed by atoms with Crippen LogP contribution in [0.3, 0.4) is 0 Å². The number of anilines is 1. The number of aromatic nitrogens is 1. The summed E-state index contributed by atoms with van der Waals surface area (Å²) in [5, 5.41) is 3.44. The van der Waals surface area contributed by atoms with Crippen LogP contribution in [0.1, 0.15) is 6.42 Å². The molecule has 0 bridgehead atoms. The Balaban J connectivity index is 1.44. The second kappa shape index (κ2) is 10.00. The minimum absolute atomic E-state index is 0.0705. The highest BCUT2D eigenvalue weighted by Gasteiger charge is 2.17. The molecule has 0 unspecified atom stereocenters. The number of thioether (sulfide) groups is 1. The van der Waals surface area contributed by atoms with E-state index in [1.54, 1.807) is 13.2 Å². The molecule has 4 rings (SSSR count). The maximum atomic E-state index is 12.3. The van der Waals surface area contributed by atoms with Crippen LogP contribution in [0.25, 0.3) is 22.6 Å². The molecule has 31 heavy (non-hydrogen) atoms. The van der Waals surface area contributed by atoms with E-state index in [1.807, 2.05) is 78.9 Å². The zero-order valence-electron chi connectivity index (χ0n) is 17.1. The van der Waals surface area contributed by atoms with Gasteiger partial charge in [-0.2, -0.15) is 0 Å². The van der Waals surface area contributed by atoms with Gasteiger partial charge in [-0.05, 0) is 12.1 Å². The lowest BCUT2D eigenvalue weighted by molar-refractivity contribution is -0.115. The molecule has 0 aliphatic carbocycles. The first kappa shape index (κ1) is 20.8. The average Bonchev–Trinajstić information content (AvgIpc) is 3.24. The van der Waals surface area contributed by atoms with Crippen LogP contribution >= 0.6 is 11.8 Å². The van der Waals surface area contributed by atoms with E-state index in [1.165, 1.54) is 11.8 Å². The Morgan fingerprint density at radius 2 is 1.68 bits per heavy atom. The highest BCUT2D eigenvalue weighted by atomic mass is 32.2. The number of nitrogens with zero attached hydrogens (tertiary/aromatic N) is 1. The number of methoxy groups -OCH3 is 1. The van der Waals surface area contributed by atoms with Crippen LogP contribution in [-0.2, 0) is 4.79 Å². The standard InChI is InChI=1S/C25H22N2O3S/c1-29-21-14-8-13-20(17-21)26-22(28)15-16-31-25-27-23(18-9-4-2-5-10-18)24(30-25)19-11-6-3-7-12-19/h2-14,17H,15-16H2,1H3,(H,26,28). The van der Waals surface area contributed by atoms with E-state index in [0.717, 1.165) is 22.6 Å². The van der Waals surface area contributed by atoms with Gasteiger partial charge >= 0.3 is 0 Å². The number of nitrogens with one attached hydrogen (secondary N) is 1. The molecule has 4 aromatic rings. The number of oxazole rings is 1. The SMILES string of the molecule is COc1cccc(NC(=O)CCSc2nc(-c3ccccc3)c(-c3ccccc3)o2)c1. The predicted octanol–water partition coefficient (Wildman–Crippen LogP) is 6.14. The third-order valence-electron chi connectivity index (χ3n) is 4.60. The maximum Gasteiger partial charge on any atom is 0.256 e. The molecular formula is C25H22N2O3S. The fraction of sp³-hybridized carbons (Fsp3) is 0.120. The summed E-state index contributed by atoms with van der Waals surface area (Å²) in [6.07, 6.45) is 0.339. The van der Waals surface area contributed by atoms with Gasteiger partial charge in [0.05, 0.1) is 7.11 Å². The van der Waals surface area contributed by atoms with Gasteiger partial charge in [0.15, 0.2) is 5.76 Å². The molecule has 1 aromatic heterocycles. The van der Waals surface area contributed by atoms with Gasteiger partial charge in [-0.25, -0.2) is 4.98 Å². The van der Waals surface area contributed by atoms with Gasteiger partial charge in [-0.3, -0.25) is 4.79 Å². The molecule has 1 amide bonds. The van der Waals surface area contributed by atoms with Crippen molar-refractivity contribution in [2.75, 3.05) is 18.2 Å². The normalized spacial score (nSPS) is 10.6. The van der Waals surface area contributed by atoms with Crippen LogP contribution in [0.2, 0.25) is 0 Å². The molecule has 0 aliphatic rings. The fourth-order valence-corrected chi connectivity index (χ4v) is 3.85. The van der Waals surface area contributed by atoms with E-state index < -0.39 is 0 Å². The van der Waals surface area contributed by atoms with E-state index in [2.05, 4.69) is 5.32 Å². The van der Waals surface area contributed by atoms with Crippen molar-refractivity contribution in [3.8, 4) is 28.3 Å². The molecule has 156 valence electrons. The minimum Gasteiger partial charge on any atom is -0.497 e. The van der Waals surface area contributed by atoms with Crippen molar-refractivity contribution >= 4 is 23.4 Å². The van der Waals surface area contributed by atoms with Crippen molar-refractivity contribution < 1.29 is 13.9 Å². The van der Waals surface area contributed by atoms with E-state index >= 15 is 0 Å². The first-order valence-electron chi connectivity index (χ1n) is 9.91. The number of carbonyl (C=O) groups excluding carboxylic acids is 1. The van der Waals surface area contributed by atoms with Crippen molar-refractivity contribution in [2.24, 2.45) is 0 Å². The number of ether oxygens (including phenoxy) is 1. The number of rotatable bonds is 8. The van der Waals surface area contributed by atoms with Crippen LogP contribution in [0.5, 0.6) is 5.75 Å². The van der Waals surface area contributed by atoms with Crippen LogP contribution in [0.4, 0.5) is 5.69 Å². The Hall–Kier alpha value is -3.51. The average molecular weight is 431 g/mol. The number of hydrogen-bond acceptors (Lipinski definition) is 5. The first-order chi connectivity index (χ1) is 15.2. The van der Waals surface area contributed by atoms with Gasteiger partial charge in [-0.15, -0.1) is 0 Å². The Labute approximate surface area is 185 Å². The van der Waals surface area contributed by atoms with E-state index in [9.17, 15) is 4.79 Å².